The van der Waals surface area contributed by atoms with Gasteiger partial charge in [-0.3, -0.25) is 0 Å². The van der Waals surface area contributed by atoms with Crippen LogP contribution in [-0.2, 0) is 0 Å². The van der Waals surface area contributed by atoms with Crippen molar-refractivity contribution in [3.05, 3.63) is 22.9 Å². The van der Waals surface area contributed by atoms with E-state index in [4.69, 9.17) is 0 Å². The zero-order valence-corrected chi connectivity index (χ0v) is 13.9. The van der Waals surface area contributed by atoms with Crippen LogP contribution < -0.4 is 4.65 Å². The van der Waals surface area contributed by atoms with Gasteiger partial charge in [0.25, 0.3) is 0 Å². The quantitative estimate of drug-likeness (QED) is 0.745. The molecule has 92 valence electrons. The van der Waals surface area contributed by atoms with E-state index in [-0.39, 0.29) is 0 Å². The molecule has 0 saturated heterocycles. The summed E-state index contributed by atoms with van der Waals surface area (Å²) in [5.41, 5.74) is 1.60. The van der Waals surface area contributed by atoms with E-state index in [2.05, 4.69) is 63.4 Å². The topological polar surface area (TPSA) is 12.0 Å². The number of rotatable bonds is 4. The lowest BCUT2D eigenvalue weighted by Crippen LogP contribution is -2.58. The van der Waals surface area contributed by atoms with Crippen molar-refractivity contribution in [2.24, 2.45) is 5.92 Å². The monoisotopic (exact) mass is 253 g/mol. The molecule has 0 saturated carbocycles. The van der Waals surface area contributed by atoms with Gasteiger partial charge in [-0.15, -0.1) is 0 Å². The van der Waals surface area contributed by atoms with Gasteiger partial charge in [-0.05, 0) is 17.9 Å². The van der Waals surface area contributed by atoms with E-state index in [0.717, 1.165) is 0 Å². The highest BCUT2D eigenvalue weighted by molar-refractivity contribution is 6.94. The molecule has 3 heteroatoms. The third kappa shape index (κ3) is 3.43. The van der Waals surface area contributed by atoms with Crippen molar-refractivity contribution in [2.45, 2.75) is 53.0 Å². The van der Waals surface area contributed by atoms with Gasteiger partial charge < -0.3 is 4.65 Å². The number of allylic oxidation sites excluding steroid dienone is 4. The Labute approximate surface area is 103 Å². The van der Waals surface area contributed by atoms with E-state index in [1.165, 1.54) is 6.42 Å². The van der Waals surface area contributed by atoms with Gasteiger partial charge in [0, 0.05) is 0 Å². The maximum Gasteiger partial charge on any atom is 0.141 e. The van der Waals surface area contributed by atoms with Crippen molar-refractivity contribution in [1.29, 1.82) is 0 Å². The second-order valence-electron chi connectivity index (χ2n) is 6.70. The van der Waals surface area contributed by atoms with E-state index in [0.29, 0.717) is 5.92 Å². The summed E-state index contributed by atoms with van der Waals surface area (Å²) in [4.78, 5) is 0. The highest BCUT2D eigenvalue weighted by Crippen LogP contribution is 2.31. The van der Waals surface area contributed by atoms with Crippen molar-refractivity contribution < 1.29 is 0 Å². The number of hydrogen-bond donors (Lipinski definition) is 1. The molecule has 0 bridgehead atoms. The summed E-state index contributed by atoms with van der Waals surface area (Å²) in [6, 6.07) is 0. The maximum atomic E-state index is 4.00. The third-order valence-corrected chi connectivity index (χ3v) is 10.5. The van der Waals surface area contributed by atoms with Crippen molar-refractivity contribution in [3.63, 3.8) is 0 Å². The number of hydrogen-bond acceptors (Lipinski definition) is 1. The normalized spacial score (nSPS) is 17.8. The highest BCUT2D eigenvalue weighted by Gasteiger charge is 2.33. The maximum absolute atomic E-state index is 4.00. The third-order valence-electron chi connectivity index (χ3n) is 3.03. The van der Waals surface area contributed by atoms with Crippen LogP contribution >= 0.6 is 0 Å². The fourth-order valence-corrected chi connectivity index (χ4v) is 12.5. The Morgan fingerprint density at radius 1 is 1.12 bits per heavy atom. The minimum atomic E-state index is -1.40. The van der Waals surface area contributed by atoms with E-state index in [1.807, 2.05) is 0 Å². The van der Waals surface area contributed by atoms with Crippen LogP contribution in [0.2, 0.25) is 32.7 Å². The average Bonchev–Trinajstić information content (AvgIpc) is 2.45. The molecule has 0 atom stereocenters. The fourth-order valence-electron chi connectivity index (χ4n) is 2.69. The lowest BCUT2D eigenvalue weighted by Gasteiger charge is -2.34. The molecule has 0 aromatic rings. The van der Waals surface area contributed by atoms with Gasteiger partial charge in [0.05, 0.1) is 0 Å². The van der Waals surface area contributed by atoms with Crippen LogP contribution in [0.5, 0.6) is 0 Å². The Morgan fingerprint density at radius 3 is 2.12 bits per heavy atom. The van der Waals surface area contributed by atoms with Gasteiger partial charge >= 0.3 is 0 Å². The summed E-state index contributed by atoms with van der Waals surface area (Å²) >= 11 is 0. The van der Waals surface area contributed by atoms with Gasteiger partial charge in [0.1, 0.15) is 16.5 Å². The van der Waals surface area contributed by atoms with E-state index >= 15 is 0 Å². The minimum Gasteiger partial charge on any atom is -0.356 e. The van der Waals surface area contributed by atoms with Gasteiger partial charge in [0.2, 0.25) is 0 Å². The Bertz CT molecular complexity index is 319. The summed E-state index contributed by atoms with van der Waals surface area (Å²) < 4.78 is 4.00. The molecule has 1 rings (SSSR count). The van der Waals surface area contributed by atoms with Gasteiger partial charge in [-0.25, -0.2) is 0 Å². The Balaban J connectivity index is 2.96. The van der Waals surface area contributed by atoms with Gasteiger partial charge in [0.15, 0.2) is 0 Å². The van der Waals surface area contributed by atoms with Crippen LogP contribution in [0.25, 0.3) is 0 Å². The fraction of sp³-hybridized carbons (Fsp3) is 0.692. The first-order valence-electron chi connectivity index (χ1n) is 6.33. The van der Waals surface area contributed by atoms with Crippen LogP contribution in [0.1, 0.15) is 20.3 Å². The smallest absolute Gasteiger partial charge is 0.141 e. The molecule has 1 N–H and O–H groups in total. The molecule has 0 aromatic carbocycles. The highest BCUT2D eigenvalue weighted by atomic mass is 28.4. The second-order valence-corrected chi connectivity index (χ2v) is 16.0. The SMILES string of the molecule is CC(C)C1=C([Si](C)(C)N[Si](C)(C)C)CC=C1. The van der Waals surface area contributed by atoms with Gasteiger partial charge in [-0.1, -0.05) is 63.9 Å². The van der Waals surface area contributed by atoms with Crippen molar-refractivity contribution >= 4 is 16.5 Å². The van der Waals surface area contributed by atoms with E-state index < -0.39 is 16.5 Å². The Hall–Kier alpha value is -0.126. The lowest BCUT2D eigenvalue weighted by molar-refractivity contribution is 0.788. The predicted molar refractivity (Wildman–Crippen MR) is 79.6 cm³/mol. The standard InChI is InChI=1S/C13H27NSi2/c1-11(2)12-9-8-10-13(12)16(6,7)14-15(3,4)5/h8-9,11,14H,10H2,1-7H3. The van der Waals surface area contributed by atoms with Crippen LogP contribution in [0, 0.1) is 5.92 Å². The molecule has 16 heavy (non-hydrogen) atoms. The molecule has 1 nitrogen and oxygen atoms in total. The summed E-state index contributed by atoms with van der Waals surface area (Å²) in [6.07, 6.45) is 5.87. The average molecular weight is 254 g/mol. The molecule has 0 unspecified atom stereocenters. The molecule has 0 aromatic heterocycles. The molecule has 1 aliphatic carbocycles. The predicted octanol–water partition coefficient (Wildman–Crippen LogP) is 4.07. The molecule has 0 heterocycles. The largest absolute Gasteiger partial charge is 0.356 e. The van der Waals surface area contributed by atoms with Crippen LogP contribution in [0.15, 0.2) is 22.9 Å². The molecule has 0 spiro atoms. The summed E-state index contributed by atoms with van der Waals surface area (Å²) in [5, 5.41) is 1.73. The first-order valence-corrected chi connectivity index (χ1v) is 12.8. The summed E-state index contributed by atoms with van der Waals surface area (Å²) in [6.45, 7) is 16.8. The molecule has 0 fully saturated rings. The van der Waals surface area contributed by atoms with E-state index in [1.54, 1.807) is 10.8 Å². The molecule has 1 aliphatic rings. The molecule has 0 radical (unpaired) electrons. The molecule has 0 aliphatic heterocycles. The Morgan fingerprint density at radius 2 is 1.69 bits per heavy atom. The van der Waals surface area contributed by atoms with Crippen molar-refractivity contribution in [1.82, 2.24) is 4.65 Å². The second kappa shape index (κ2) is 4.63. The zero-order chi connectivity index (χ0) is 12.6. The van der Waals surface area contributed by atoms with Crippen LogP contribution in [0.3, 0.4) is 0 Å². The zero-order valence-electron chi connectivity index (χ0n) is 11.9. The van der Waals surface area contributed by atoms with Crippen molar-refractivity contribution in [2.75, 3.05) is 0 Å². The Kier molecular flexibility index (Phi) is 4.03. The number of nitrogens with one attached hydrogen (secondary N) is 1. The van der Waals surface area contributed by atoms with Crippen LogP contribution in [0.4, 0.5) is 0 Å². The summed E-state index contributed by atoms with van der Waals surface area (Å²) in [5.74, 6) is 0.670. The molecule has 0 amide bonds. The van der Waals surface area contributed by atoms with E-state index in [9.17, 15) is 0 Å². The first-order chi connectivity index (χ1) is 7.13. The van der Waals surface area contributed by atoms with Crippen molar-refractivity contribution in [3.8, 4) is 0 Å². The molecular weight excluding hydrogens is 226 g/mol. The lowest BCUT2D eigenvalue weighted by atomic mass is 10.1. The van der Waals surface area contributed by atoms with Gasteiger partial charge in [-0.2, -0.15) is 0 Å². The minimum absolute atomic E-state index is 0.670. The molecular formula is C13H27NSi2. The van der Waals surface area contributed by atoms with Crippen LogP contribution in [-0.4, -0.2) is 16.5 Å². The first kappa shape index (κ1) is 13.9. The summed E-state index contributed by atoms with van der Waals surface area (Å²) in [7, 11) is -2.58.